The summed E-state index contributed by atoms with van der Waals surface area (Å²) in [4.78, 5) is 28.7. The Labute approximate surface area is 123 Å². The lowest BCUT2D eigenvalue weighted by Crippen LogP contribution is -2.41. The van der Waals surface area contributed by atoms with Crippen molar-refractivity contribution in [3.05, 3.63) is 29.6 Å². The average molecular weight is 292 g/mol. The third-order valence-corrected chi connectivity index (χ3v) is 3.59. The van der Waals surface area contributed by atoms with E-state index in [1.54, 1.807) is 4.90 Å². The van der Waals surface area contributed by atoms with Crippen LogP contribution in [0.15, 0.2) is 18.3 Å². The van der Waals surface area contributed by atoms with Crippen molar-refractivity contribution >= 4 is 11.9 Å². The lowest BCUT2D eigenvalue weighted by Gasteiger charge is -2.32. The van der Waals surface area contributed by atoms with E-state index in [9.17, 15) is 9.59 Å². The summed E-state index contributed by atoms with van der Waals surface area (Å²) in [5, 5.41) is 8.81. The maximum absolute atomic E-state index is 12.4. The summed E-state index contributed by atoms with van der Waals surface area (Å²) in [6, 6.07) is 2.88. The molecule has 6 nitrogen and oxygen atoms in total. The standard InChI is InChI=1S/C15H20N2O4/c1-2-21-10-11-4-3-7-17(9-11)14(18)12-5-6-13(15(19)20)16-8-12/h5-6,8,11H,2-4,7,9-10H2,1H3,(H,19,20). The Morgan fingerprint density at radius 1 is 1.48 bits per heavy atom. The molecule has 1 saturated heterocycles. The van der Waals surface area contributed by atoms with Crippen LogP contribution < -0.4 is 0 Å². The van der Waals surface area contributed by atoms with E-state index in [1.165, 1.54) is 18.3 Å². The molecular formula is C15H20N2O4. The number of nitrogens with zero attached hydrogens (tertiary/aromatic N) is 2. The minimum atomic E-state index is -1.09. The first-order chi connectivity index (χ1) is 10.1. The highest BCUT2D eigenvalue weighted by molar-refractivity contribution is 5.95. The topological polar surface area (TPSA) is 79.7 Å². The molecule has 2 heterocycles. The zero-order valence-electron chi connectivity index (χ0n) is 12.1. The molecule has 114 valence electrons. The molecular weight excluding hydrogens is 272 g/mol. The molecule has 1 N–H and O–H groups in total. The zero-order valence-corrected chi connectivity index (χ0v) is 12.1. The lowest BCUT2D eigenvalue weighted by molar-refractivity contribution is 0.0500. The fourth-order valence-electron chi connectivity index (χ4n) is 2.50. The van der Waals surface area contributed by atoms with Crippen LogP contribution in [0.1, 0.15) is 40.6 Å². The first-order valence-corrected chi connectivity index (χ1v) is 7.18. The van der Waals surface area contributed by atoms with E-state index in [0.717, 1.165) is 19.4 Å². The Hall–Kier alpha value is -1.95. The number of hydrogen-bond acceptors (Lipinski definition) is 4. The second kappa shape index (κ2) is 7.17. The lowest BCUT2D eigenvalue weighted by atomic mass is 9.98. The second-order valence-electron chi connectivity index (χ2n) is 5.16. The predicted molar refractivity (Wildman–Crippen MR) is 76.3 cm³/mol. The Kier molecular flexibility index (Phi) is 5.27. The van der Waals surface area contributed by atoms with Gasteiger partial charge in [0.2, 0.25) is 0 Å². The van der Waals surface area contributed by atoms with Gasteiger partial charge in [-0.2, -0.15) is 0 Å². The number of aromatic carboxylic acids is 1. The minimum Gasteiger partial charge on any atom is -0.477 e. The number of aromatic nitrogens is 1. The number of carboxylic acids is 1. The third kappa shape index (κ3) is 4.01. The molecule has 0 aliphatic carbocycles. The van der Waals surface area contributed by atoms with Crippen LogP contribution in [0.5, 0.6) is 0 Å². The van der Waals surface area contributed by atoms with Crippen molar-refractivity contribution in [3.63, 3.8) is 0 Å². The van der Waals surface area contributed by atoms with Gasteiger partial charge in [0, 0.05) is 25.9 Å². The molecule has 0 saturated carbocycles. The molecule has 1 atom stereocenters. The molecule has 1 aliphatic heterocycles. The van der Waals surface area contributed by atoms with E-state index in [0.29, 0.717) is 31.2 Å². The zero-order chi connectivity index (χ0) is 15.2. The van der Waals surface area contributed by atoms with Crippen LogP contribution in [0.2, 0.25) is 0 Å². The SMILES string of the molecule is CCOCC1CCCN(C(=O)c2ccc(C(=O)O)nc2)C1. The summed E-state index contributed by atoms with van der Waals surface area (Å²) in [7, 11) is 0. The van der Waals surface area contributed by atoms with Crippen molar-refractivity contribution in [2.24, 2.45) is 5.92 Å². The quantitative estimate of drug-likeness (QED) is 0.893. The molecule has 0 aromatic carbocycles. The highest BCUT2D eigenvalue weighted by atomic mass is 16.5. The number of rotatable bonds is 5. The maximum atomic E-state index is 12.4. The summed E-state index contributed by atoms with van der Waals surface area (Å²) < 4.78 is 5.43. The Bertz CT molecular complexity index is 501. The van der Waals surface area contributed by atoms with E-state index >= 15 is 0 Å². The number of likely N-dealkylation sites (tertiary alicyclic amines) is 1. The van der Waals surface area contributed by atoms with Gasteiger partial charge in [-0.15, -0.1) is 0 Å². The van der Waals surface area contributed by atoms with Crippen LogP contribution in [0.4, 0.5) is 0 Å². The molecule has 0 bridgehead atoms. The van der Waals surface area contributed by atoms with E-state index in [-0.39, 0.29) is 11.6 Å². The fourth-order valence-corrected chi connectivity index (χ4v) is 2.50. The molecule has 1 amide bonds. The van der Waals surface area contributed by atoms with Gasteiger partial charge >= 0.3 is 5.97 Å². The number of piperidine rings is 1. The highest BCUT2D eigenvalue weighted by Gasteiger charge is 2.24. The van der Waals surface area contributed by atoms with Crippen molar-refractivity contribution in [1.82, 2.24) is 9.88 Å². The molecule has 2 rings (SSSR count). The van der Waals surface area contributed by atoms with Gasteiger partial charge in [-0.05, 0) is 37.8 Å². The second-order valence-corrected chi connectivity index (χ2v) is 5.16. The summed E-state index contributed by atoms with van der Waals surface area (Å²) in [6.07, 6.45) is 3.36. The number of carbonyl (C=O) groups is 2. The van der Waals surface area contributed by atoms with E-state index in [4.69, 9.17) is 9.84 Å². The molecule has 6 heteroatoms. The van der Waals surface area contributed by atoms with E-state index in [1.807, 2.05) is 6.92 Å². The predicted octanol–water partition coefficient (Wildman–Crippen LogP) is 1.67. The van der Waals surface area contributed by atoms with Gasteiger partial charge < -0.3 is 14.7 Å². The van der Waals surface area contributed by atoms with Gasteiger partial charge in [-0.25, -0.2) is 9.78 Å². The fraction of sp³-hybridized carbons (Fsp3) is 0.533. The van der Waals surface area contributed by atoms with Crippen molar-refractivity contribution in [1.29, 1.82) is 0 Å². The number of carbonyl (C=O) groups excluding carboxylic acids is 1. The third-order valence-electron chi connectivity index (χ3n) is 3.59. The normalized spacial score (nSPS) is 18.5. The first-order valence-electron chi connectivity index (χ1n) is 7.18. The smallest absolute Gasteiger partial charge is 0.354 e. The van der Waals surface area contributed by atoms with Crippen LogP contribution in [-0.4, -0.2) is 53.2 Å². The van der Waals surface area contributed by atoms with Gasteiger partial charge in [-0.1, -0.05) is 0 Å². The molecule has 1 aromatic heterocycles. The summed E-state index contributed by atoms with van der Waals surface area (Å²) in [6.45, 7) is 4.73. The summed E-state index contributed by atoms with van der Waals surface area (Å²) in [5.74, 6) is -0.821. The molecule has 0 radical (unpaired) electrons. The first kappa shape index (κ1) is 15.4. The number of hydrogen-bond donors (Lipinski definition) is 1. The number of pyridine rings is 1. The van der Waals surface area contributed by atoms with Gasteiger partial charge in [0.1, 0.15) is 5.69 Å². The summed E-state index contributed by atoms with van der Waals surface area (Å²) >= 11 is 0. The molecule has 21 heavy (non-hydrogen) atoms. The van der Waals surface area contributed by atoms with Crippen molar-refractivity contribution in [2.75, 3.05) is 26.3 Å². The van der Waals surface area contributed by atoms with E-state index in [2.05, 4.69) is 4.98 Å². The number of carboxylic acid groups (broad SMARTS) is 1. The van der Waals surface area contributed by atoms with Crippen LogP contribution in [-0.2, 0) is 4.74 Å². The van der Waals surface area contributed by atoms with Crippen LogP contribution in [0.3, 0.4) is 0 Å². The van der Waals surface area contributed by atoms with E-state index < -0.39 is 5.97 Å². The van der Waals surface area contributed by atoms with Gasteiger partial charge in [0.05, 0.1) is 12.2 Å². The van der Waals surface area contributed by atoms with Gasteiger partial charge in [0.15, 0.2) is 0 Å². The van der Waals surface area contributed by atoms with Gasteiger partial charge in [-0.3, -0.25) is 4.79 Å². The number of amides is 1. The van der Waals surface area contributed by atoms with Gasteiger partial charge in [0.25, 0.3) is 5.91 Å². The minimum absolute atomic E-state index is 0.0561. The van der Waals surface area contributed by atoms with Crippen molar-refractivity contribution in [2.45, 2.75) is 19.8 Å². The Balaban J connectivity index is 2.00. The Morgan fingerprint density at radius 2 is 2.29 bits per heavy atom. The number of ether oxygens (including phenoxy) is 1. The highest BCUT2D eigenvalue weighted by Crippen LogP contribution is 2.19. The van der Waals surface area contributed by atoms with Crippen molar-refractivity contribution in [3.8, 4) is 0 Å². The molecule has 1 unspecified atom stereocenters. The largest absolute Gasteiger partial charge is 0.477 e. The van der Waals surface area contributed by atoms with Crippen molar-refractivity contribution < 1.29 is 19.4 Å². The Morgan fingerprint density at radius 3 is 2.90 bits per heavy atom. The summed E-state index contributed by atoms with van der Waals surface area (Å²) in [5.41, 5.74) is 0.372. The molecule has 1 aromatic rings. The maximum Gasteiger partial charge on any atom is 0.354 e. The molecule has 0 spiro atoms. The van der Waals surface area contributed by atoms with Crippen LogP contribution >= 0.6 is 0 Å². The monoisotopic (exact) mass is 292 g/mol. The van der Waals surface area contributed by atoms with Crippen LogP contribution in [0.25, 0.3) is 0 Å². The van der Waals surface area contributed by atoms with Crippen LogP contribution in [0, 0.1) is 5.92 Å². The average Bonchev–Trinajstić information content (AvgIpc) is 2.52. The molecule has 1 fully saturated rings. The molecule has 1 aliphatic rings.